The third-order valence-electron chi connectivity index (χ3n) is 2.20. The van der Waals surface area contributed by atoms with Gasteiger partial charge in [0.1, 0.15) is 0 Å². The van der Waals surface area contributed by atoms with Gasteiger partial charge >= 0.3 is 0 Å². The smallest absolute Gasteiger partial charge is 0.0718 e. The molecule has 1 fully saturated rings. The lowest BCUT2D eigenvalue weighted by atomic mass is 9.89. The Hall–Kier alpha value is -0.160. The van der Waals surface area contributed by atoms with Crippen LogP contribution in [0.2, 0.25) is 0 Å². The van der Waals surface area contributed by atoms with Crippen LogP contribution in [0, 0.1) is 5.92 Å². The van der Waals surface area contributed by atoms with Crippen molar-refractivity contribution < 1.29 is 10.2 Å². The average molecular weight is 160 g/mol. The van der Waals surface area contributed by atoms with Crippen LogP contribution in [0.5, 0.6) is 0 Å². The molecule has 0 saturated carbocycles. The first-order chi connectivity index (χ1) is 5.25. The maximum absolute atomic E-state index is 9.39. The molecule has 5 N–H and O–H groups in total. The molecule has 1 rings (SSSR count). The lowest BCUT2D eigenvalue weighted by molar-refractivity contribution is -0.0141. The van der Waals surface area contributed by atoms with Crippen LogP contribution in [-0.4, -0.2) is 42.1 Å². The van der Waals surface area contributed by atoms with E-state index in [2.05, 4.69) is 5.32 Å². The van der Waals surface area contributed by atoms with Crippen molar-refractivity contribution in [3.8, 4) is 0 Å². The summed E-state index contributed by atoms with van der Waals surface area (Å²) in [6, 6.07) is 0. The second-order valence-corrected chi connectivity index (χ2v) is 3.03. The molecule has 2 atom stereocenters. The summed E-state index contributed by atoms with van der Waals surface area (Å²) in [5.74, 6) is -0.0405. The van der Waals surface area contributed by atoms with Crippen molar-refractivity contribution >= 4 is 0 Å². The van der Waals surface area contributed by atoms with Crippen LogP contribution in [0.4, 0.5) is 0 Å². The topological polar surface area (TPSA) is 78.5 Å². The molecule has 1 heterocycles. The summed E-state index contributed by atoms with van der Waals surface area (Å²) in [7, 11) is 0. The second-order valence-electron chi connectivity index (χ2n) is 3.03. The Morgan fingerprint density at radius 1 is 1.27 bits per heavy atom. The first-order valence-electron chi connectivity index (χ1n) is 4.02. The Labute approximate surface area is 66.4 Å². The second kappa shape index (κ2) is 4.01. The molecule has 0 aromatic carbocycles. The Bertz CT molecular complexity index is 111. The van der Waals surface area contributed by atoms with Crippen LogP contribution in [0.1, 0.15) is 6.42 Å². The predicted molar refractivity (Wildman–Crippen MR) is 42.0 cm³/mol. The van der Waals surface area contributed by atoms with Gasteiger partial charge in [0.2, 0.25) is 0 Å². The van der Waals surface area contributed by atoms with E-state index in [1.807, 2.05) is 0 Å². The first-order valence-corrected chi connectivity index (χ1v) is 4.02. The van der Waals surface area contributed by atoms with Crippen molar-refractivity contribution in [3.63, 3.8) is 0 Å². The lowest BCUT2D eigenvalue weighted by Crippen LogP contribution is -2.50. The normalized spacial score (nSPS) is 39.0. The van der Waals surface area contributed by atoms with Gasteiger partial charge in [0.25, 0.3) is 0 Å². The summed E-state index contributed by atoms with van der Waals surface area (Å²) >= 11 is 0. The van der Waals surface area contributed by atoms with Crippen LogP contribution in [0.3, 0.4) is 0 Å². The zero-order valence-electron chi connectivity index (χ0n) is 6.53. The van der Waals surface area contributed by atoms with Crippen molar-refractivity contribution in [1.82, 2.24) is 5.32 Å². The Kier molecular flexibility index (Phi) is 3.26. The van der Waals surface area contributed by atoms with Gasteiger partial charge in [-0.25, -0.2) is 0 Å². The molecule has 0 amide bonds. The van der Waals surface area contributed by atoms with E-state index >= 15 is 0 Å². The summed E-state index contributed by atoms with van der Waals surface area (Å²) in [6.07, 6.45) is -0.186. The highest BCUT2D eigenvalue weighted by Crippen LogP contribution is 2.16. The molecule has 2 unspecified atom stereocenters. The highest BCUT2D eigenvalue weighted by atomic mass is 16.3. The van der Waals surface area contributed by atoms with Gasteiger partial charge < -0.3 is 21.3 Å². The minimum Gasteiger partial charge on any atom is -0.391 e. The minimum absolute atomic E-state index is 0.0405. The zero-order chi connectivity index (χ0) is 8.27. The van der Waals surface area contributed by atoms with Gasteiger partial charge in [0, 0.05) is 19.0 Å². The van der Waals surface area contributed by atoms with Crippen LogP contribution < -0.4 is 11.1 Å². The molecular formula is C7H16N2O2. The fourth-order valence-electron chi connectivity index (χ4n) is 1.52. The molecule has 1 saturated heterocycles. The molecule has 0 spiro atoms. The molecule has 0 aromatic heterocycles. The fraction of sp³-hybridized carbons (Fsp3) is 1.00. The molecule has 66 valence electrons. The summed E-state index contributed by atoms with van der Waals surface area (Å²) in [6.45, 7) is 1.67. The van der Waals surface area contributed by atoms with Crippen LogP contribution in [0.15, 0.2) is 0 Å². The van der Waals surface area contributed by atoms with Crippen molar-refractivity contribution in [2.45, 2.75) is 18.6 Å². The summed E-state index contributed by atoms with van der Waals surface area (Å²) in [4.78, 5) is 0. The number of hydrogen-bond donors (Lipinski definition) is 4. The van der Waals surface area contributed by atoms with E-state index in [1.165, 1.54) is 0 Å². The molecule has 1 aliphatic heterocycles. The standard InChI is InChI=1S/C7H16N2O2/c8-2-1-5-6(10)3-9-4-7(5)11/h5-7,9-11H,1-4,8H2. The maximum atomic E-state index is 9.39. The molecule has 4 heteroatoms. The SMILES string of the molecule is NCCC1C(O)CNCC1O. The lowest BCUT2D eigenvalue weighted by Gasteiger charge is -2.32. The number of rotatable bonds is 2. The van der Waals surface area contributed by atoms with Gasteiger partial charge in [-0.1, -0.05) is 0 Å². The highest BCUT2D eigenvalue weighted by Gasteiger charge is 2.29. The summed E-state index contributed by atoms with van der Waals surface area (Å²) < 4.78 is 0. The monoisotopic (exact) mass is 160 g/mol. The van der Waals surface area contributed by atoms with E-state index in [0.29, 0.717) is 26.1 Å². The van der Waals surface area contributed by atoms with Crippen molar-refractivity contribution in [3.05, 3.63) is 0 Å². The van der Waals surface area contributed by atoms with Crippen LogP contribution >= 0.6 is 0 Å². The fourth-order valence-corrected chi connectivity index (χ4v) is 1.52. The van der Waals surface area contributed by atoms with E-state index in [-0.39, 0.29) is 5.92 Å². The van der Waals surface area contributed by atoms with Crippen molar-refractivity contribution in [2.75, 3.05) is 19.6 Å². The van der Waals surface area contributed by atoms with Crippen molar-refractivity contribution in [1.29, 1.82) is 0 Å². The minimum atomic E-state index is -0.442. The molecule has 0 radical (unpaired) electrons. The zero-order valence-corrected chi connectivity index (χ0v) is 6.53. The van der Waals surface area contributed by atoms with Gasteiger partial charge in [-0.2, -0.15) is 0 Å². The molecular weight excluding hydrogens is 144 g/mol. The molecule has 0 aromatic rings. The molecule has 0 aliphatic carbocycles. The molecule has 1 aliphatic rings. The average Bonchev–Trinajstić information content (AvgIpc) is 1.97. The Morgan fingerprint density at radius 3 is 2.27 bits per heavy atom. The quantitative estimate of drug-likeness (QED) is 0.387. The van der Waals surface area contributed by atoms with Crippen LogP contribution in [0.25, 0.3) is 0 Å². The number of β-amino-alcohol motifs (C(OH)–C–C–N with tert-alkyl or cyclic N) is 2. The number of aliphatic hydroxyl groups is 2. The van der Waals surface area contributed by atoms with Gasteiger partial charge in [0.05, 0.1) is 12.2 Å². The van der Waals surface area contributed by atoms with E-state index in [0.717, 1.165) is 0 Å². The third-order valence-corrected chi connectivity index (χ3v) is 2.20. The third kappa shape index (κ3) is 2.13. The first kappa shape index (κ1) is 8.93. The van der Waals surface area contributed by atoms with E-state index < -0.39 is 12.2 Å². The number of nitrogens with one attached hydrogen (secondary N) is 1. The molecule has 0 bridgehead atoms. The van der Waals surface area contributed by atoms with E-state index in [4.69, 9.17) is 5.73 Å². The molecule has 11 heavy (non-hydrogen) atoms. The van der Waals surface area contributed by atoms with Gasteiger partial charge in [0.15, 0.2) is 0 Å². The largest absolute Gasteiger partial charge is 0.391 e. The maximum Gasteiger partial charge on any atom is 0.0718 e. The van der Waals surface area contributed by atoms with Gasteiger partial charge in [-0.3, -0.25) is 0 Å². The number of hydrogen-bond acceptors (Lipinski definition) is 4. The Balaban J connectivity index is 2.41. The number of aliphatic hydroxyl groups excluding tert-OH is 2. The highest BCUT2D eigenvalue weighted by molar-refractivity contribution is 4.84. The predicted octanol–water partition coefficient (Wildman–Crippen LogP) is -1.72. The summed E-state index contributed by atoms with van der Waals surface area (Å²) in [5, 5.41) is 21.7. The van der Waals surface area contributed by atoms with E-state index in [1.54, 1.807) is 0 Å². The Morgan fingerprint density at radius 2 is 1.82 bits per heavy atom. The molecule has 4 nitrogen and oxygen atoms in total. The van der Waals surface area contributed by atoms with Crippen LogP contribution in [-0.2, 0) is 0 Å². The van der Waals surface area contributed by atoms with E-state index in [9.17, 15) is 10.2 Å². The van der Waals surface area contributed by atoms with Crippen molar-refractivity contribution in [2.24, 2.45) is 11.7 Å². The summed E-state index contributed by atoms with van der Waals surface area (Å²) in [5.41, 5.74) is 5.34. The number of nitrogens with two attached hydrogens (primary N) is 1. The van der Waals surface area contributed by atoms with Gasteiger partial charge in [-0.05, 0) is 13.0 Å². The van der Waals surface area contributed by atoms with Gasteiger partial charge in [-0.15, -0.1) is 0 Å². The number of piperidine rings is 1.